The maximum absolute atomic E-state index is 12.3. The molecule has 0 fully saturated rings. The van der Waals surface area contributed by atoms with Gasteiger partial charge >= 0.3 is 5.97 Å². The van der Waals surface area contributed by atoms with Crippen LogP contribution in [0.25, 0.3) is 11.5 Å². The van der Waals surface area contributed by atoms with E-state index in [9.17, 15) is 4.79 Å². The molecule has 0 saturated heterocycles. The van der Waals surface area contributed by atoms with Gasteiger partial charge in [-0.3, -0.25) is 0 Å². The van der Waals surface area contributed by atoms with Crippen molar-refractivity contribution in [1.29, 1.82) is 0 Å². The topological polar surface area (TPSA) is 65.2 Å². The minimum atomic E-state index is -0.525. The highest BCUT2D eigenvalue weighted by molar-refractivity contribution is 6.30. The van der Waals surface area contributed by atoms with Crippen LogP contribution in [0.15, 0.2) is 47.1 Å². The SMILES string of the molecule is O=C1OC(Cc2ccc(Cl)cc2)c2nc(Cl)nc(-c3ccco3)c21. The van der Waals surface area contributed by atoms with Gasteiger partial charge in [0.05, 0.1) is 6.26 Å². The third-order valence-corrected chi connectivity index (χ3v) is 4.18. The van der Waals surface area contributed by atoms with Crippen molar-refractivity contribution >= 4 is 29.2 Å². The van der Waals surface area contributed by atoms with Gasteiger partial charge < -0.3 is 9.15 Å². The average molecular weight is 361 g/mol. The molecular formula is C17H10Cl2N2O3. The molecule has 5 nitrogen and oxygen atoms in total. The lowest BCUT2D eigenvalue weighted by molar-refractivity contribution is 0.0382. The molecule has 2 aromatic heterocycles. The normalized spacial score (nSPS) is 16.1. The predicted molar refractivity (Wildman–Crippen MR) is 88.1 cm³/mol. The van der Waals surface area contributed by atoms with E-state index in [1.807, 2.05) is 12.1 Å². The van der Waals surface area contributed by atoms with Gasteiger partial charge in [0.1, 0.15) is 23.1 Å². The van der Waals surface area contributed by atoms with Crippen LogP contribution in [0.2, 0.25) is 10.3 Å². The van der Waals surface area contributed by atoms with Gasteiger partial charge in [-0.05, 0) is 41.4 Å². The molecular weight excluding hydrogens is 351 g/mol. The number of fused-ring (bicyclic) bond motifs is 1. The Morgan fingerprint density at radius 1 is 1.08 bits per heavy atom. The number of esters is 1. The number of hydrogen-bond acceptors (Lipinski definition) is 5. The minimum Gasteiger partial charge on any atom is -0.463 e. The van der Waals surface area contributed by atoms with Crippen LogP contribution in [0.4, 0.5) is 0 Å². The summed E-state index contributed by atoms with van der Waals surface area (Å²) in [4.78, 5) is 20.7. The second-order valence-electron chi connectivity index (χ2n) is 5.30. The molecule has 1 atom stereocenters. The van der Waals surface area contributed by atoms with E-state index in [-0.39, 0.29) is 5.28 Å². The number of ether oxygens (including phenoxy) is 1. The molecule has 24 heavy (non-hydrogen) atoms. The monoisotopic (exact) mass is 360 g/mol. The summed E-state index contributed by atoms with van der Waals surface area (Å²) in [6.07, 6.45) is 1.45. The lowest BCUT2D eigenvalue weighted by atomic mass is 10.0. The highest BCUT2D eigenvalue weighted by Crippen LogP contribution is 2.37. The Labute approximate surface area is 147 Å². The lowest BCUT2D eigenvalue weighted by Gasteiger charge is -2.10. The highest BCUT2D eigenvalue weighted by atomic mass is 35.5. The minimum absolute atomic E-state index is 0.0413. The first-order valence-electron chi connectivity index (χ1n) is 7.18. The molecule has 0 spiro atoms. The second-order valence-corrected chi connectivity index (χ2v) is 6.08. The van der Waals surface area contributed by atoms with Crippen LogP contribution in [0.5, 0.6) is 0 Å². The van der Waals surface area contributed by atoms with Gasteiger partial charge in [-0.25, -0.2) is 14.8 Å². The van der Waals surface area contributed by atoms with E-state index in [0.717, 1.165) is 5.56 Å². The Balaban J connectivity index is 1.76. The molecule has 0 amide bonds. The number of cyclic esters (lactones) is 1. The number of carbonyl (C=O) groups is 1. The van der Waals surface area contributed by atoms with Crippen molar-refractivity contribution in [3.8, 4) is 11.5 Å². The average Bonchev–Trinajstić information content (AvgIpc) is 3.18. The van der Waals surface area contributed by atoms with Crippen LogP contribution in [0.3, 0.4) is 0 Å². The van der Waals surface area contributed by atoms with Crippen LogP contribution in [0.1, 0.15) is 27.7 Å². The number of furan rings is 1. The lowest BCUT2D eigenvalue weighted by Crippen LogP contribution is -2.04. The zero-order valence-electron chi connectivity index (χ0n) is 12.2. The summed E-state index contributed by atoms with van der Waals surface area (Å²) in [6, 6.07) is 10.8. The Morgan fingerprint density at radius 2 is 1.88 bits per heavy atom. The van der Waals surface area contributed by atoms with Crippen LogP contribution in [0, 0.1) is 0 Å². The number of rotatable bonds is 3. The molecule has 3 aromatic rings. The van der Waals surface area contributed by atoms with E-state index in [1.54, 1.807) is 24.3 Å². The van der Waals surface area contributed by atoms with E-state index < -0.39 is 12.1 Å². The van der Waals surface area contributed by atoms with Gasteiger partial charge in [0, 0.05) is 11.4 Å². The van der Waals surface area contributed by atoms with Crippen molar-refractivity contribution in [2.24, 2.45) is 0 Å². The van der Waals surface area contributed by atoms with Crippen LogP contribution in [-0.4, -0.2) is 15.9 Å². The molecule has 0 aliphatic carbocycles. The second kappa shape index (κ2) is 5.92. The van der Waals surface area contributed by atoms with Crippen molar-refractivity contribution in [2.75, 3.05) is 0 Å². The van der Waals surface area contributed by atoms with Crippen molar-refractivity contribution in [3.63, 3.8) is 0 Å². The summed E-state index contributed by atoms with van der Waals surface area (Å²) < 4.78 is 10.8. The molecule has 0 radical (unpaired) electrons. The number of halogens is 2. The van der Waals surface area contributed by atoms with E-state index in [1.165, 1.54) is 6.26 Å². The highest BCUT2D eigenvalue weighted by Gasteiger charge is 2.37. The third kappa shape index (κ3) is 2.66. The summed E-state index contributed by atoms with van der Waals surface area (Å²) >= 11 is 11.9. The number of carbonyl (C=O) groups excluding carboxylic acids is 1. The third-order valence-electron chi connectivity index (χ3n) is 3.76. The number of nitrogens with zero attached hydrogens (tertiary/aromatic N) is 2. The van der Waals surface area contributed by atoms with Crippen molar-refractivity contribution < 1.29 is 13.9 Å². The maximum atomic E-state index is 12.3. The molecule has 0 bridgehead atoms. The quantitative estimate of drug-likeness (QED) is 0.508. The summed E-state index contributed by atoms with van der Waals surface area (Å²) in [5.41, 5.74) is 2.09. The summed E-state index contributed by atoms with van der Waals surface area (Å²) in [5, 5.41) is 0.688. The molecule has 120 valence electrons. The number of benzene rings is 1. The van der Waals surface area contributed by atoms with Gasteiger partial charge in [0.25, 0.3) is 0 Å². The molecule has 1 aliphatic heterocycles. The van der Waals surface area contributed by atoms with E-state index >= 15 is 0 Å². The van der Waals surface area contributed by atoms with E-state index in [2.05, 4.69) is 9.97 Å². The standard InChI is InChI=1S/C17H10Cl2N2O3/c18-10-5-3-9(4-6-10)8-12-15-13(16(22)24-12)14(20-17(19)21-15)11-2-1-7-23-11/h1-7,12H,8H2. The van der Waals surface area contributed by atoms with E-state index in [0.29, 0.717) is 34.2 Å². The van der Waals surface area contributed by atoms with Gasteiger partial charge in [-0.1, -0.05) is 23.7 Å². The maximum Gasteiger partial charge on any atom is 0.343 e. The van der Waals surface area contributed by atoms with Gasteiger partial charge in [-0.15, -0.1) is 0 Å². The first kappa shape index (κ1) is 15.2. The fraction of sp³-hybridized carbons (Fsp3) is 0.118. The fourth-order valence-corrected chi connectivity index (χ4v) is 2.99. The molecule has 0 N–H and O–H groups in total. The molecule has 1 aliphatic rings. The Hall–Kier alpha value is -2.37. The molecule has 1 unspecified atom stereocenters. The van der Waals surface area contributed by atoms with Crippen molar-refractivity contribution in [3.05, 3.63) is 69.8 Å². The van der Waals surface area contributed by atoms with Crippen LogP contribution >= 0.6 is 23.2 Å². The predicted octanol–water partition coefficient (Wildman–Crippen LogP) is 4.50. The Bertz CT molecular complexity index is 908. The summed E-state index contributed by atoms with van der Waals surface area (Å²) in [5.74, 6) is -0.0355. The van der Waals surface area contributed by atoms with E-state index in [4.69, 9.17) is 32.4 Å². The Kier molecular flexibility index (Phi) is 3.75. The number of hydrogen-bond donors (Lipinski definition) is 0. The molecule has 4 rings (SSSR count). The fourth-order valence-electron chi connectivity index (χ4n) is 2.69. The van der Waals surface area contributed by atoms with Crippen LogP contribution in [-0.2, 0) is 11.2 Å². The van der Waals surface area contributed by atoms with Crippen molar-refractivity contribution in [2.45, 2.75) is 12.5 Å². The largest absolute Gasteiger partial charge is 0.463 e. The zero-order chi connectivity index (χ0) is 16.7. The van der Waals surface area contributed by atoms with Gasteiger partial charge in [-0.2, -0.15) is 0 Å². The number of aromatic nitrogens is 2. The molecule has 7 heteroatoms. The molecule has 3 heterocycles. The zero-order valence-corrected chi connectivity index (χ0v) is 13.7. The summed E-state index contributed by atoms with van der Waals surface area (Å²) in [7, 11) is 0. The first-order valence-corrected chi connectivity index (χ1v) is 7.94. The summed E-state index contributed by atoms with van der Waals surface area (Å²) in [6.45, 7) is 0. The first-order chi connectivity index (χ1) is 11.6. The van der Waals surface area contributed by atoms with Gasteiger partial charge in [0.15, 0.2) is 5.76 Å². The van der Waals surface area contributed by atoms with Gasteiger partial charge in [0.2, 0.25) is 5.28 Å². The molecule has 0 saturated carbocycles. The molecule has 1 aromatic carbocycles. The van der Waals surface area contributed by atoms with Crippen LogP contribution < -0.4 is 0 Å². The smallest absolute Gasteiger partial charge is 0.343 e. The Morgan fingerprint density at radius 3 is 2.58 bits per heavy atom. The van der Waals surface area contributed by atoms with Crippen molar-refractivity contribution in [1.82, 2.24) is 9.97 Å².